The van der Waals surface area contributed by atoms with E-state index < -0.39 is 12.5 Å². The summed E-state index contributed by atoms with van der Waals surface area (Å²) in [6, 6.07) is 8.71. The highest BCUT2D eigenvalue weighted by atomic mass is 32.1. The third kappa shape index (κ3) is 6.68. The summed E-state index contributed by atoms with van der Waals surface area (Å²) in [6.45, 7) is 8.00. The second-order valence-electron chi connectivity index (χ2n) is 9.12. The molecule has 4 aliphatic rings. The lowest BCUT2D eigenvalue weighted by Gasteiger charge is -2.57. The van der Waals surface area contributed by atoms with E-state index in [1.807, 2.05) is 80.1 Å². The summed E-state index contributed by atoms with van der Waals surface area (Å²) in [4.78, 5) is 20.0. The Morgan fingerprint density at radius 2 is 1.72 bits per heavy atom. The van der Waals surface area contributed by atoms with E-state index in [0.29, 0.717) is 5.56 Å². The van der Waals surface area contributed by atoms with Gasteiger partial charge in [-0.3, -0.25) is 20.1 Å². The van der Waals surface area contributed by atoms with Crippen molar-refractivity contribution in [3.8, 4) is 0 Å². The number of carbonyl (C=O) groups excluding carboxylic acids is 1. The SMILES string of the molecule is CC.CC.CN1NC2NC(C(F)F)C=C([C@H]3CC[C@H]4CC[C@@H]3N4C(=O)c3ccc4ncccc4c3)N21.S.S.S. The molecule has 1 aromatic heterocycles. The maximum absolute atomic E-state index is 13.6. The number of amides is 1. The lowest BCUT2D eigenvalue weighted by atomic mass is 9.85. The fourth-order valence-corrected chi connectivity index (χ4v) is 5.94. The van der Waals surface area contributed by atoms with Gasteiger partial charge in [-0.05, 0) is 56.0 Å². The lowest BCUT2D eigenvalue weighted by Crippen LogP contribution is -2.79. The van der Waals surface area contributed by atoms with E-state index in [9.17, 15) is 13.6 Å². The van der Waals surface area contributed by atoms with Crippen molar-refractivity contribution in [2.24, 2.45) is 5.92 Å². The Morgan fingerprint density at radius 1 is 1.03 bits per heavy atom. The molecule has 0 aliphatic carbocycles. The number of nitrogens with zero attached hydrogens (tertiary/aromatic N) is 4. The number of hydrogen-bond donors (Lipinski definition) is 2. The van der Waals surface area contributed by atoms with Gasteiger partial charge in [0.1, 0.15) is 0 Å². The molecule has 12 heteroatoms. The topological polar surface area (TPSA) is 63.7 Å². The van der Waals surface area contributed by atoms with Gasteiger partial charge >= 0.3 is 0 Å². The highest BCUT2D eigenvalue weighted by Crippen LogP contribution is 2.45. The van der Waals surface area contributed by atoms with E-state index in [4.69, 9.17) is 0 Å². The quantitative estimate of drug-likeness (QED) is 0.511. The molecule has 0 spiro atoms. The van der Waals surface area contributed by atoms with Gasteiger partial charge in [0.25, 0.3) is 12.3 Å². The van der Waals surface area contributed by atoms with Gasteiger partial charge in [-0.15, -0.1) is 0 Å². The lowest BCUT2D eigenvalue weighted by molar-refractivity contribution is -0.219. The van der Waals surface area contributed by atoms with Crippen LogP contribution in [0.5, 0.6) is 0 Å². The minimum absolute atomic E-state index is 0. The highest BCUT2D eigenvalue weighted by Gasteiger charge is 2.51. The van der Waals surface area contributed by atoms with E-state index in [-0.39, 0.29) is 70.7 Å². The summed E-state index contributed by atoms with van der Waals surface area (Å²) in [5.41, 5.74) is 5.52. The second kappa shape index (κ2) is 15.4. The van der Waals surface area contributed by atoms with Crippen molar-refractivity contribution in [1.29, 1.82) is 0 Å². The van der Waals surface area contributed by atoms with Crippen LogP contribution in [0.2, 0.25) is 0 Å². The predicted octanol–water partition coefficient (Wildman–Crippen LogP) is 5.08. The first kappa shape index (κ1) is 35.5. The molecule has 5 heterocycles. The summed E-state index contributed by atoms with van der Waals surface area (Å²) in [6.07, 6.45) is 4.25. The van der Waals surface area contributed by atoms with E-state index in [1.165, 1.54) is 0 Å². The van der Waals surface area contributed by atoms with Crippen molar-refractivity contribution in [1.82, 2.24) is 30.8 Å². The number of aromatic nitrogens is 1. The van der Waals surface area contributed by atoms with Crippen LogP contribution < -0.4 is 10.7 Å². The molecule has 6 rings (SSSR count). The Labute approximate surface area is 252 Å². The molecule has 2 aromatic rings. The van der Waals surface area contributed by atoms with Crippen LogP contribution in [-0.4, -0.2) is 63.8 Å². The number of halogens is 2. The zero-order chi connectivity index (χ0) is 26.0. The van der Waals surface area contributed by atoms with Gasteiger partial charge in [0, 0.05) is 47.9 Å². The van der Waals surface area contributed by atoms with E-state index in [2.05, 4.69) is 15.7 Å². The fourth-order valence-electron chi connectivity index (χ4n) is 5.94. The zero-order valence-corrected chi connectivity index (χ0v) is 26.3. The van der Waals surface area contributed by atoms with Crippen LogP contribution in [0.25, 0.3) is 10.9 Å². The van der Waals surface area contributed by atoms with Crippen molar-refractivity contribution < 1.29 is 13.6 Å². The van der Waals surface area contributed by atoms with Gasteiger partial charge in [-0.1, -0.05) is 33.8 Å². The van der Waals surface area contributed by atoms with E-state index >= 15 is 0 Å². The second-order valence-corrected chi connectivity index (χ2v) is 9.12. The smallest absolute Gasteiger partial charge is 0.257 e. The molecule has 0 saturated carbocycles. The largest absolute Gasteiger partial charge is 0.332 e. The van der Waals surface area contributed by atoms with Gasteiger partial charge in [-0.2, -0.15) is 45.6 Å². The van der Waals surface area contributed by atoms with Gasteiger partial charge in [-0.25, -0.2) is 14.2 Å². The Kier molecular flexibility index (Phi) is 14.0. The zero-order valence-electron chi connectivity index (χ0n) is 23.3. The normalized spacial score (nSPS) is 26.7. The highest BCUT2D eigenvalue weighted by molar-refractivity contribution is 7.59. The summed E-state index contributed by atoms with van der Waals surface area (Å²) < 4.78 is 27.2. The molecule has 2 bridgehead atoms. The number of carbonyl (C=O) groups is 1. The van der Waals surface area contributed by atoms with Crippen LogP contribution in [-0.2, 0) is 0 Å². The first-order chi connectivity index (χ1) is 17.5. The summed E-state index contributed by atoms with van der Waals surface area (Å²) >= 11 is 0. The van der Waals surface area contributed by atoms with Crippen molar-refractivity contribution >= 4 is 57.3 Å². The van der Waals surface area contributed by atoms with Crippen molar-refractivity contribution in [3.05, 3.63) is 53.9 Å². The van der Waals surface area contributed by atoms with Crippen LogP contribution in [0.15, 0.2) is 48.3 Å². The monoisotopic (exact) mass is 602 g/mol. The number of fused-ring (bicyclic) bond motifs is 4. The number of alkyl halides is 2. The van der Waals surface area contributed by atoms with Crippen LogP contribution >= 0.6 is 40.5 Å². The first-order valence-electron chi connectivity index (χ1n) is 13.2. The van der Waals surface area contributed by atoms with Gasteiger partial charge < -0.3 is 4.90 Å². The molecule has 1 amide bonds. The molecule has 220 valence electrons. The molecular weight excluding hydrogens is 559 g/mol. The van der Waals surface area contributed by atoms with Crippen LogP contribution in [0.4, 0.5) is 8.78 Å². The number of piperidine rings is 1. The van der Waals surface area contributed by atoms with Crippen LogP contribution in [0.1, 0.15) is 63.7 Å². The molecule has 3 saturated heterocycles. The minimum atomic E-state index is -2.48. The standard InChI is InChI=1S/C23H26F2N6O.2C2H6.3H2S/c1-29-28-23-27-18(21(24)25)12-20(31(23)29)16-7-5-15-6-9-19(16)30(15)22(32)14-4-8-17-13(11-14)3-2-10-26-17;2*1-2;;;/h2-4,8,10-12,15-16,18-19,21,23,27-28H,5-7,9H2,1H3;2*1-2H3;3*1H2/t15-,16-,18?,19-,23?;;;;;/m0...../s1. The van der Waals surface area contributed by atoms with Gasteiger partial charge in [0.05, 0.1) is 11.6 Å². The number of benzene rings is 1. The van der Waals surface area contributed by atoms with Crippen LogP contribution in [0, 0.1) is 5.92 Å². The van der Waals surface area contributed by atoms with Crippen LogP contribution in [0.3, 0.4) is 0 Å². The maximum atomic E-state index is 13.6. The van der Waals surface area contributed by atoms with Gasteiger partial charge in [0.2, 0.25) is 0 Å². The minimum Gasteiger partial charge on any atom is -0.332 e. The van der Waals surface area contributed by atoms with Crippen molar-refractivity contribution in [2.75, 3.05) is 7.05 Å². The number of pyridine rings is 1. The first-order valence-corrected chi connectivity index (χ1v) is 13.2. The molecule has 3 fully saturated rings. The number of nitrogens with one attached hydrogen (secondary N) is 2. The number of rotatable bonds is 3. The molecular formula is C27H44F2N6OS3. The molecule has 4 aliphatic heterocycles. The van der Waals surface area contributed by atoms with Crippen molar-refractivity contribution in [2.45, 2.75) is 84.2 Å². The fraction of sp³-hybridized carbons (Fsp3) is 0.556. The molecule has 0 radical (unpaired) electrons. The van der Waals surface area contributed by atoms with E-state index in [1.54, 1.807) is 12.3 Å². The third-order valence-corrected chi connectivity index (χ3v) is 7.40. The Bertz CT molecular complexity index is 1110. The number of hydrazine groups is 2. The summed E-state index contributed by atoms with van der Waals surface area (Å²) in [5, 5.41) is 7.71. The van der Waals surface area contributed by atoms with Crippen molar-refractivity contribution in [3.63, 3.8) is 0 Å². The molecule has 5 atom stereocenters. The predicted molar refractivity (Wildman–Crippen MR) is 169 cm³/mol. The Balaban J connectivity index is 0.00000104. The van der Waals surface area contributed by atoms with E-state index in [0.717, 1.165) is 42.3 Å². The maximum Gasteiger partial charge on any atom is 0.257 e. The third-order valence-electron chi connectivity index (χ3n) is 7.40. The Hall–Kier alpha value is -1.57. The molecule has 7 nitrogen and oxygen atoms in total. The molecule has 2 unspecified atom stereocenters. The average Bonchev–Trinajstić information content (AvgIpc) is 3.21. The summed E-state index contributed by atoms with van der Waals surface area (Å²) in [7, 11) is 1.88. The molecule has 2 N–H and O–H groups in total. The Morgan fingerprint density at radius 3 is 2.38 bits per heavy atom. The molecule has 39 heavy (non-hydrogen) atoms. The average molecular weight is 603 g/mol. The van der Waals surface area contributed by atoms with Gasteiger partial charge in [0.15, 0.2) is 6.29 Å². The number of hydrogen-bond acceptors (Lipinski definition) is 6. The summed E-state index contributed by atoms with van der Waals surface area (Å²) in [5.74, 6) is 0.0646. The molecule has 1 aromatic carbocycles.